The predicted molar refractivity (Wildman–Crippen MR) is 76.4 cm³/mol. The summed E-state index contributed by atoms with van der Waals surface area (Å²) in [5.74, 6) is -2.69. The number of amides is 2. The number of hydrogen-bond donors (Lipinski definition) is 4. The number of rotatable bonds is 6. The van der Waals surface area contributed by atoms with E-state index in [0.29, 0.717) is 12.1 Å². The average Bonchev–Trinajstić information content (AvgIpc) is 2.39. The molecule has 114 valence electrons. The van der Waals surface area contributed by atoms with Crippen LogP contribution in [0.25, 0.3) is 0 Å². The van der Waals surface area contributed by atoms with E-state index in [1.807, 2.05) is 32.0 Å². The lowest BCUT2D eigenvalue weighted by atomic mass is 10.1. The van der Waals surface area contributed by atoms with Gasteiger partial charge < -0.3 is 20.8 Å². The maximum atomic E-state index is 11.9. The minimum atomic E-state index is -1.48. The van der Waals surface area contributed by atoms with Gasteiger partial charge in [0.05, 0.1) is 6.42 Å². The molecule has 1 atom stereocenters. The topological polar surface area (TPSA) is 116 Å². The van der Waals surface area contributed by atoms with Crippen molar-refractivity contribution < 1.29 is 24.6 Å². The maximum Gasteiger partial charge on any atom is 0.326 e. The van der Waals surface area contributed by atoms with Crippen LogP contribution >= 0.6 is 0 Å². The molecular formula is C14H18N2O5. The lowest BCUT2D eigenvalue weighted by Crippen LogP contribution is -2.44. The van der Waals surface area contributed by atoms with Gasteiger partial charge >= 0.3 is 18.0 Å². The molecule has 21 heavy (non-hydrogen) atoms. The van der Waals surface area contributed by atoms with E-state index < -0.39 is 30.4 Å². The van der Waals surface area contributed by atoms with Crippen molar-refractivity contribution in [1.29, 1.82) is 0 Å². The smallest absolute Gasteiger partial charge is 0.326 e. The number of para-hydroxylation sites is 1. The van der Waals surface area contributed by atoms with Gasteiger partial charge in [-0.25, -0.2) is 9.59 Å². The maximum absolute atomic E-state index is 11.9. The van der Waals surface area contributed by atoms with Gasteiger partial charge in [-0.3, -0.25) is 4.79 Å². The molecule has 7 nitrogen and oxygen atoms in total. The number of carboxylic acids is 2. The molecule has 1 rings (SSSR count). The molecule has 2 amide bonds. The Labute approximate surface area is 122 Å². The normalized spacial score (nSPS) is 11.5. The summed E-state index contributed by atoms with van der Waals surface area (Å²) >= 11 is 0. The number of aliphatic carboxylic acids is 2. The van der Waals surface area contributed by atoms with Crippen LogP contribution in [0.4, 0.5) is 10.5 Å². The van der Waals surface area contributed by atoms with Gasteiger partial charge in [-0.1, -0.05) is 25.1 Å². The first-order valence-corrected chi connectivity index (χ1v) is 6.45. The third-order valence-electron chi connectivity index (χ3n) is 2.96. The van der Waals surface area contributed by atoms with Gasteiger partial charge in [-0.15, -0.1) is 0 Å². The lowest BCUT2D eigenvalue weighted by molar-refractivity contribution is -0.145. The molecule has 0 spiro atoms. The molecule has 7 heteroatoms. The molecule has 0 saturated heterocycles. The highest BCUT2D eigenvalue weighted by Crippen LogP contribution is 2.20. The average molecular weight is 294 g/mol. The Morgan fingerprint density at radius 2 is 1.90 bits per heavy atom. The Kier molecular flexibility index (Phi) is 5.71. The van der Waals surface area contributed by atoms with Gasteiger partial charge in [0.2, 0.25) is 0 Å². The molecule has 0 aliphatic carbocycles. The van der Waals surface area contributed by atoms with Crippen LogP contribution in [0, 0.1) is 6.92 Å². The molecule has 0 bridgehead atoms. The van der Waals surface area contributed by atoms with Gasteiger partial charge in [-0.2, -0.15) is 0 Å². The van der Waals surface area contributed by atoms with E-state index in [9.17, 15) is 14.4 Å². The molecule has 4 N–H and O–H groups in total. The van der Waals surface area contributed by atoms with Gasteiger partial charge in [0.15, 0.2) is 0 Å². The second-order valence-electron chi connectivity index (χ2n) is 4.55. The number of hydrogen-bond acceptors (Lipinski definition) is 3. The molecule has 0 fully saturated rings. The zero-order chi connectivity index (χ0) is 16.0. The van der Waals surface area contributed by atoms with Crippen molar-refractivity contribution in [2.24, 2.45) is 0 Å². The number of urea groups is 1. The first-order chi connectivity index (χ1) is 9.85. The highest BCUT2D eigenvalue weighted by atomic mass is 16.4. The van der Waals surface area contributed by atoms with E-state index in [-0.39, 0.29) is 0 Å². The number of anilines is 1. The monoisotopic (exact) mass is 294 g/mol. The number of carbonyl (C=O) groups excluding carboxylic acids is 1. The fraction of sp³-hybridized carbons (Fsp3) is 0.357. The van der Waals surface area contributed by atoms with Crippen LogP contribution < -0.4 is 10.6 Å². The predicted octanol–water partition coefficient (Wildman–Crippen LogP) is 1.61. The quantitative estimate of drug-likeness (QED) is 0.636. The third kappa shape index (κ3) is 4.79. The van der Waals surface area contributed by atoms with Gasteiger partial charge in [0.25, 0.3) is 0 Å². The summed E-state index contributed by atoms with van der Waals surface area (Å²) in [7, 11) is 0. The molecule has 0 radical (unpaired) electrons. The van der Waals surface area contributed by atoms with Crippen LogP contribution in [0.3, 0.4) is 0 Å². The Hall–Kier alpha value is -2.57. The van der Waals surface area contributed by atoms with Crippen LogP contribution in [0.5, 0.6) is 0 Å². The molecule has 0 saturated carbocycles. The van der Waals surface area contributed by atoms with Crippen molar-refractivity contribution in [1.82, 2.24) is 5.32 Å². The molecule has 1 aromatic carbocycles. The van der Waals surface area contributed by atoms with Crippen molar-refractivity contribution in [3.05, 3.63) is 29.3 Å². The number of aryl methyl sites for hydroxylation is 2. The Balaban J connectivity index is 2.81. The summed E-state index contributed by atoms with van der Waals surface area (Å²) < 4.78 is 0. The molecular weight excluding hydrogens is 276 g/mol. The fourth-order valence-corrected chi connectivity index (χ4v) is 1.88. The van der Waals surface area contributed by atoms with E-state index in [1.165, 1.54) is 0 Å². The number of benzene rings is 1. The SMILES string of the molecule is CCc1cccc(C)c1NC(=O)N[C@@H](CC(=O)O)C(=O)O. The number of carboxylic acid groups (broad SMARTS) is 2. The summed E-state index contributed by atoms with van der Waals surface area (Å²) in [6.45, 7) is 3.75. The highest BCUT2D eigenvalue weighted by molar-refractivity contribution is 5.94. The lowest BCUT2D eigenvalue weighted by Gasteiger charge is -2.16. The van der Waals surface area contributed by atoms with Crippen LogP contribution in [0.1, 0.15) is 24.5 Å². The number of carbonyl (C=O) groups is 3. The van der Waals surface area contributed by atoms with Crippen LogP contribution in [-0.2, 0) is 16.0 Å². The Morgan fingerprint density at radius 3 is 2.43 bits per heavy atom. The summed E-state index contributed by atoms with van der Waals surface area (Å²) in [5.41, 5.74) is 2.36. The van der Waals surface area contributed by atoms with Crippen LogP contribution in [0.2, 0.25) is 0 Å². The molecule has 0 heterocycles. The van der Waals surface area contributed by atoms with Crippen LogP contribution in [-0.4, -0.2) is 34.2 Å². The second kappa shape index (κ2) is 7.28. The standard InChI is InChI=1S/C14H18N2O5/c1-3-9-6-4-5-8(2)12(9)16-14(21)15-10(13(19)20)7-11(17)18/h4-6,10H,3,7H2,1-2H3,(H,17,18)(H,19,20)(H2,15,16,21)/t10-/m0/s1. The molecule has 0 aliphatic rings. The van der Waals surface area contributed by atoms with Crippen molar-refractivity contribution in [3.63, 3.8) is 0 Å². The van der Waals surface area contributed by atoms with Crippen molar-refractivity contribution in [3.8, 4) is 0 Å². The second-order valence-corrected chi connectivity index (χ2v) is 4.55. The van der Waals surface area contributed by atoms with E-state index >= 15 is 0 Å². The van der Waals surface area contributed by atoms with Gasteiger partial charge in [-0.05, 0) is 24.5 Å². The van der Waals surface area contributed by atoms with Crippen molar-refractivity contribution in [2.45, 2.75) is 32.7 Å². The van der Waals surface area contributed by atoms with E-state index in [2.05, 4.69) is 10.6 Å². The summed E-state index contributed by atoms with van der Waals surface area (Å²) in [5, 5.41) is 22.2. The summed E-state index contributed by atoms with van der Waals surface area (Å²) in [6, 6.07) is 3.32. The largest absolute Gasteiger partial charge is 0.481 e. The first kappa shape index (κ1) is 16.5. The van der Waals surface area contributed by atoms with Crippen LogP contribution in [0.15, 0.2) is 18.2 Å². The van der Waals surface area contributed by atoms with Gasteiger partial charge in [0, 0.05) is 5.69 Å². The van der Waals surface area contributed by atoms with E-state index in [4.69, 9.17) is 10.2 Å². The molecule has 0 aromatic heterocycles. The summed E-state index contributed by atoms with van der Waals surface area (Å²) in [4.78, 5) is 33.3. The Bertz CT molecular complexity index is 556. The zero-order valence-electron chi connectivity index (χ0n) is 11.8. The number of nitrogens with one attached hydrogen (secondary N) is 2. The van der Waals surface area contributed by atoms with E-state index in [1.54, 1.807) is 0 Å². The van der Waals surface area contributed by atoms with Crippen molar-refractivity contribution >= 4 is 23.7 Å². The third-order valence-corrected chi connectivity index (χ3v) is 2.96. The first-order valence-electron chi connectivity index (χ1n) is 6.45. The van der Waals surface area contributed by atoms with E-state index in [0.717, 1.165) is 11.1 Å². The van der Waals surface area contributed by atoms with Crippen molar-refractivity contribution in [2.75, 3.05) is 5.32 Å². The highest BCUT2D eigenvalue weighted by Gasteiger charge is 2.23. The molecule has 0 unspecified atom stereocenters. The Morgan fingerprint density at radius 1 is 1.24 bits per heavy atom. The fourth-order valence-electron chi connectivity index (χ4n) is 1.88. The molecule has 1 aromatic rings. The molecule has 0 aliphatic heterocycles. The minimum absolute atomic E-state index is 0.608. The van der Waals surface area contributed by atoms with Gasteiger partial charge in [0.1, 0.15) is 6.04 Å². The minimum Gasteiger partial charge on any atom is -0.481 e. The zero-order valence-corrected chi connectivity index (χ0v) is 11.8. The summed E-state index contributed by atoms with van der Waals surface area (Å²) in [6.07, 6.45) is 0.0198.